The molecule has 2 saturated heterocycles. The number of nitrogens with zero attached hydrogens (tertiary/aromatic N) is 1. The van der Waals surface area contributed by atoms with Gasteiger partial charge < -0.3 is 10.2 Å². The van der Waals surface area contributed by atoms with Crippen LogP contribution < -0.4 is 5.32 Å². The van der Waals surface area contributed by atoms with Gasteiger partial charge in [-0.1, -0.05) is 13.8 Å². The molecule has 2 bridgehead atoms. The van der Waals surface area contributed by atoms with Gasteiger partial charge in [-0.2, -0.15) is 0 Å². The van der Waals surface area contributed by atoms with Gasteiger partial charge in [0.2, 0.25) is 5.91 Å². The maximum Gasteiger partial charge on any atom is 0.223 e. The topological polar surface area (TPSA) is 32.3 Å². The Kier molecular flexibility index (Phi) is 3.85. The van der Waals surface area contributed by atoms with Crippen LogP contribution in [0.5, 0.6) is 0 Å². The number of hydrogen-bond acceptors (Lipinski definition) is 2. The molecule has 2 fully saturated rings. The molecule has 0 spiro atoms. The normalized spacial score (nSPS) is 29.6. The average molecular weight is 224 g/mol. The van der Waals surface area contributed by atoms with Gasteiger partial charge in [0.05, 0.1) is 0 Å². The van der Waals surface area contributed by atoms with Crippen molar-refractivity contribution in [1.29, 1.82) is 0 Å². The first-order valence-corrected chi connectivity index (χ1v) is 6.70. The van der Waals surface area contributed by atoms with E-state index in [9.17, 15) is 4.79 Å². The molecule has 2 unspecified atom stereocenters. The monoisotopic (exact) mass is 224 g/mol. The molecule has 16 heavy (non-hydrogen) atoms. The molecule has 1 N–H and O–H groups in total. The van der Waals surface area contributed by atoms with Crippen LogP contribution >= 0.6 is 0 Å². The molecule has 0 aliphatic carbocycles. The van der Waals surface area contributed by atoms with E-state index in [-0.39, 0.29) is 0 Å². The minimum Gasteiger partial charge on any atom is -0.335 e. The summed E-state index contributed by atoms with van der Waals surface area (Å²) in [6.07, 6.45) is 5.33. The smallest absolute Gasteiger partial charge is 0.223 e. The molecule has 3 heteroatoms. The van der Waals surface area contributed by atoms with Crippen molar-refractivity contribution in [2.75, 3.05) is 13.1 Å². The largest absolute Gasteiger partial charge is 0.335 e. The molecule has 0 radical (unpaired) electrons. The van der Waals surface area contributed by atoms with Gasteiger partial charge in [-0.25, -0.2) is 0 Å². The molecule has 0 aromatic carbocycles. The Morgan fingerprint density at radius 1 is 1.31 bits per heavy atom. The van der Waals surface area contributed by atoms with Gasteiger partial charge in [0.1, 0.15) is 0 Å². The Balaban J connectivity index is 1.94. The number of carbonyl (C=O) groups excluding carboxylic acids is 1. The molecule has 92 valence electrons. The Morgan fingerprint density at radius 2 is 2.06 bits per heavy atom. The third-order valence-corrected chi connectivity index (χ3v) is 3.88. The summed E-state index contributed by atoms with van der Waals surface area (Å²) in [5, 5.41) is 3.43. The zero-order valence-electron chi connectivity index (χ0n) is 10.5. The summed E-state index contributed by atoms with van der Waals surface area (Å²) in [6.45, 7) is 6.46. The first-order valence-electron chi connectivity index (χ1n) is 6.70. The van der Waals surface area contributed by atoms with Crippen molar-refractivity contribution in [2.45, 2.75) is 58.0 Å². The standard InChI is InChI=1S/C13H24N2O/c1-10(2)3-6-13(16)15-11-4-5-12(15)9-14-8-7-11/h10-12,14H,3-9H2,1-2H3. The van der Waals surface area contributed by atoms with Gasteiger partial charge in [0.25, 0.3) is 0 Å². The molecule has 3 nitrogen and oxygen atoms in total. The van der Waals surface area contributed by atoms with E-state index in [0.29, 0.717) is 23.9 Å². The molecule has 1 amide bonds. The van der Waals surface area contributed by atoms with E-state index in [1.807, 2.05) is 0 Å². The van der Waals surface area contributed by atoms with Gasteiger partial charge in [-0.3, -0.25) is 4.79 Å². The van der Waals surface area contributed by atoms with Crippen molar-refractivity contribution in [3.8, 4) is 0 Å². The first-order chi connectivity index (χ1) is 7.68. The fourth-order valence-corrected chi connectivity index (χ4v) is 2.93. The second-order valence-electron chi connectivity index (χ2n) is 5.61. The maximum absolute atomic E-state index is 12.2. The summed E-state index contributed by atoms with van der Waals surface area (Å²) >= 11 is 0. The highest BCUT2D eigenvalue weighted by Crippen LogP contribution is 2.28. The van der Waals surface area contributed by atoms with Crippen molar-refractivity contribution in [3.63, 3.8) is 0 Å². The molecule has 2 aliphatic rings. The van der Waals surface area contributed by atoms with Crippen molar-refractivity contribution < 1.29 is 4.79 Å². The summed E-state index contributed by atoms with van der Waals surface area (Å²) in [6, 6.07) is 1.01. The second kappa shape index (κ2) is 5.17. The van der Waals surface area contributed by atoms with Crippen LogP contribution in [0.3, 0.4) is 0 Å². The van der Waals surface area contributed by atoms with E-state index in [0.717, 1.165) is 32.4 Å². The van der Waals surface area contributed by atoms with Crippen LogP contribution in [-0.2, 0) is 4.79 Å². The van der Waals surface area contributed by atoms with Gasteiger partial charge in [0, 0.05) is 25.0 Å². The van der Waals surface area contributed by atoms with Gasteiger partial charge in [-0.05, 0) is 38.1 Å². The van der Waals surface area contributed by atoms with Gasteiger partial charge in [-0.15, -0.1) is 0 Å². The summed E-state index contributed by atoms with van der Waals surface area (Å²) < 4.78 is 0. The van der Waals surface area contributed by atoms with Crippen LogP contribution in [0.15, 0.2) is 0 Å². The molecule has 0 aromatic heterocycles. The quantitative estimate of drug-likeness (QED) is 0.792. The summed E-state index contributed by atoms with van der Waals surface area (Å²) in [5.41, 5.74) is 0. The minimum absolute atomic E-state index is 0.393. The predicted octanol–water partition coefficient (Wildman–Crippen LogP) is 1.78. The second-order valence-corrected chi connectivity index (χ2v) is 5.61. The van der Waals surface area contributed by atoms with Crippen LogP contribution in [0.1, 0.15) is 46.0 Å². The van der Waals surface area contributed by atoms with Crippen LogP contribution in [0.2, 0.25) is 0 Å². The number of nitrogens with one attached hydrogen (secondary N) is 1. The number of amides is 1. The highest BCUT2D eigenvalue weighted by Gasteiger charge is 2.37. The van der Waals surface area contributed by atoms with Crippen LogP contribution in [-0.4, -0.2) is 36.0 Å². The molecule has 2 aliphatic heterocycles. The lowest BCUT2D eigenvalue weighted by atomic mass is 10.1. The van der Waals surface area contributed by atoms with E-state index >= 15 is 0 Å². The number of fused-ring (bicyclic) bond motifs is 2. The molecular weight excluding hydrogens is 200 g/mol. The van der Waals surface area contributed by atoms with E-state index in [2.05, 4.69) is 24.1 Å². The van der Waals surface area contributed by atoms with E-state index in [4.69, 9.17) is 0 Å². The predicted molar refractivity (Wildman–Crippen MR) is 65.2 cm³/mol. The first kappa shape index (κ1) is 11.9. The summed E-state index contributed by atoms with van der Waals surface area (Å²) in [5.74, 6) is 1.02. The lowest BCUT2D eigenvalue weighted by molar-refractivity contribution is -0.134. The zero-order valence-corrected chi connectivity index (χ0v) is 10.5. The average Bonchev–Trinajstić information content (AvgIpc) is 2.48. The fraction of sp³-hybridized carbons (Fsp3) is 0.923. The van der Waals surface area contributed by atoms with Crippen molar-refractivity contribution in [3.05, 3.63) is 0 Å². The lowest BCUT2D eigenvalue weighted by Crippen LogP contribution is -2.42. The Labute approximate surface area is 98.6 Å². The number of carbonyl (C=O) groups is 1. The van der Waals surface area contributed by atoms with Crippen molar-refractivity contribution in [2.24, 2.45) is 5.92 Å². The SMILES string of the molecule is CC(C)CCC(=O)N1C2CCNCC1CC2. The maximum atomic E-state index is 12.2. The van der Waals surface area contributed by atoms with E-state index in [1.54, 1.807) is 0 Å². The summed E-state index contributed by atoms with van der Waals surface area (Å²) in [7, 11) is 0. The van der Waals surface area contributed by atoms with Gasteiger partial charge >= 0.3 is 0 Å². The Bertz CT molecular complexity index is 238. The van der Waals surface area contributed by atoms with Crippen LogP contribution in [0.4, 0.5) is 0 Å². The molecule has 2 atom stereocenters. The van der Waals surface area contributed by atoms with Crippen LogP contribution in [0.25, 0.3) is 0 Å². The molecular formula is C13H24N2O. The minimum atomic E-state index is 0.393. The van der Waals surface area contributed by atoms with E-state index in [1.165, 1.54) is 12.8 Å². The molecule has 2 rings (SSSR count). The van der Waals surface area contributed by atoms with Crippen molar-refractivity contribution in [1.82, 2.24) is 10.2 Å². The van der Waals surface area contributed by atoms with Gasteiger partial charge in [0.15, 0.2) is 0 Å². The Morgan fingerprint density at radius 3 is 2.81 bits per heavy atom. The van der Waals surface area contributed by atoms with Crippen molar-refractivity contribution >= 4 is 5.91 Å². The molecule has 0 aromatic rings. The van der Waals surface area contributed by atoms with E-state index < -0.39 is 0 Å². The highest BCUT2D eigenvalue weighted by molar-refractivity contribution is 5.77. The third-order valence-electron chi connectivity index (χ3n) is 3.88. The highest BCUT2D eigenvalue weighted by atomic mass is 16.2. The molecule has 2 heterocycles. The Hall–Kier alpha value is -0.570. The third kappa shape index (κ3) is 2.57. The zero-order chi connectivity index (χ0) is 11.5. The number of rotatable bonds is 3. The summed E-state index contributed by atoms with van der Waals surface area (Å²) in [4.78, 5) is 14.4. The lowest BCUT2D eigenvalue weighted by Gasteiger charge is -2.28. The van der Waals surface area contributed by atoms with Crippen LogP contribution in [0, 0.1) is 5.92 Å². The number of hydrogen-bond donors (Lipinski definition) is 1. The fourth-order valence-electron chi connectivity index (χ4n) is 2.93. The molecule has 0 saturated carbocycles.